The molecule has 8 nitrogen and oxygen atoms in total. The lowest BCUT2D eigenvalue weighted by molar-refractivity contribution is 0.0618. The van der Waals surface area contributed by atoms with E-state index in [1.54, 1.807) is 24.1 Å². The second kappa shape index (κ2) is 7.79. The molecule has 0 aliphatic carbocycles. The smallest absolute Gasteiger partial charge is 0.274 e. The zero-order valence-electron chi connectivity index (χ0n) is 15.2. The van der Waals surface area contributed by atoms with Crippen LogP contribution in [0.1, 0.15) is 28.7 Å². The summed E-state index contributed by atoms with van der Waals surface area (Å²) in [6, 6.07) is 1.75. The van der Waals surface area contributed by atoms with Crippen molar-refractivity contribution in [3.05, 3.63) is 35.4 Å². The maximum Gasteiger partial charge on any atom is 0.274 e. The van der Waals surface area contributed by atoms with Gasteiger partial charge in [-0.05, 0) is 19.9 Å². The van der Waals surface area contributed by atoms with Gasteiger partial charge in [0.1, 0.15) is 12.4 Å². The number of amides is 1. The normalized spacial score (nSPS) is 15.7. The molecule has 3 rings (SSSR count). The maximum atomic E-state index is 12.6. The number of piperazine rings is 1. The van der Waals surface area contributed by atoms with Crippen LogP contribution in [0.4, 0.5) is 0 Å². The van der Waals surface area contributed by atoms with Crippen LogP contribution in [0.15, 0.2) is 18.5 Å². The first-order valence-electron chi connectivity index (χ1n) is 8.67. The summed E-state index contributed by atoms with van der Waals surface area (Å²) in [5.74, 6) is -0.00974. The van der Waals surface area contributed by atoms with Crippen LogP contribution in [-0.4, -0.2) is 68.6 Å². The molecule has 2 aromatic heterocycles. The molecule has 1 amide bonds. The number of hydrogen-bond acceptors (Lipinski definition) is 5. The van der Waals surface area contributed by atoms with Crippen LogP contribution in [0.2, 0.25) is 0 Å². The molecule has 8 heteroatoms. The number of carbonyl (C=O) groups excluding carboxylic acids is 1. The van der Waals surface area contributed by atoms with E-state index >= 15 is 0 Å². The quantitative estimate of drug-likeness (QED) is 0.780. The van der Waals surface area contributed by atoms with Crippen molar-refractivity contribution >= 4 is 5.91 Å². The molecule has 0 N–H and O–H groups in total. The molecule has 0 spiro atoms. The van der Waals surface area contributed by atoms with Crippen molar-refractivity contribution in [2.24, 2.45) is 0 Å². The SMILES string of the molecule is CCn1cc(CN2CCN(C(=O)c3ccn(COC)n3)CC2)c(C)n1. The highest BCUT2D eigenvalue weighted by Gasteiger charge is 2.24. The lowest BCUT2D eigenvalue weighted by atomic mass is 10.2. The molecule has 136 valence electrons. The summed E-state index contributed by atoms with van der Waals surface area (Å²) in [5.41, 5.74) is 2.83. The van der Waals surface area contributed by atoms with Crippen LogP contribution in [0.5, 0.6) is 0 Å². The van der Waals surface area contributed by atoms with E-state index in [1.807, 2.05) is 9.58 Å². The Morgan fingerprint density at radius 3 is 2.60 bits per heavy atom. The first kappa shape index (κ1) is 17.6. The Balaban J connectivity index is 1.54. The molecule has 1 fully saturated rings. The van der Waals surface area contributed by atoms with E-state index < -0.39 is 0 Å². The Morgan fingerprint density at radius 1 is 1.20 bits per heavy atom. The van der Waals surface area contributed by atoms with E-state index in [0.29, 0.717) is 12.4 Å². The third-order valence-electron chi connectivity index (χ3n) is 4.55. The van der Waals surface area contributed by atoms with Crippen LogP contribution in [-0.2, 0) is 24.6 Å². The van der Waals surface area contributed by atoms with Gasteiger partial charge in [0.05, 0.1) is 5.69 Å². The molecule has 0 saturated carbocycles. The molecule has 2 aromatic rings. The minimum absolute atomic E-state index is 0.00974. The van der Waals surface area contributed by atoms with Gasteiger partial charge in [-0.3, -0.25) is 14.4 Å². The highest BCUT2D eigenvalue weighted by Crippen LogP contribution is 2.13. The average Bonchev–Trinajstić information content (AvgIpc) is 3.22. The van der Waals surface area contributed by atoms with Crippen LogP contribution in [0, 0.1) is 6.92 Å². The Kier molecular flexibility index (Phi) is 5.50. The summed E-state index contributed by atoms with van der Waals surface area (Å²) in [4.78, 5) is 16.8. The standard InChI is InChI=1S/C17H26N6O2/c1-4-22-12-15(14(2)18-22)11-20-7-9-21(10-8-20)17(24)16-5-6-23(19-16)13-25-3/h5-6,12H,4,7-11,13H2,1-3H3. The predicted octanol–water partition coefficient (Wildman–Crippen LogP) is 0.970. The highest BCUT2D eigenvalue weighted by atomic mass is 16.5. The first-order valence-corrected chi connectivity index (χ1v) is 8.67. The average molecular weight is 346 g/mol. The Hall–Kier alpha value is -2.19. The predicted molar refractivity (Wildman–Crippen MR) is 93.1 cm³/mol. The largest absolute Gasteiger partial charge is 0.362 e. The molecule has 0 aromatic carbocycles. The van der Waals surface area contributed by atoms with Gasteiger partial charge in [0, 0.05) is 64.3 Å². The number of nitrogens with zero attached hydrogens (tertiary/aromatic N) is 6. The number of ether oxygens (including phenoxy) is 1. The molecule has 0 bridgehead atoms. The molecule has 0 atom stereocenters. The van der Waals surface area contributed by atoms with Crippen molar-refractivity contribution < 1.29 is 9.53 Å². The fraction of sp³-hybridized carbons (Fsp3) is 0.588. The zero-order valence-corrected chi connectivity index (χ0v) is 15.2. The van der Waals surface area contributed by atoms with Crippen LogP contribution in [0.25, 0.3) is 0 Å². The van der Waals surface area contributed by atoms with E-state index in [1.165, 1.54) is 5.56 Å². The number of aromatic nitrogens is 4. The molecule has 3 heterocycles. The van der Waals surface area contributed by atoms with E-state index in [0.717, 1.165) is 45.0 Å². The van der Waals surface area contributed by atoms with Gasteiger partial charge in [-0.2, -0.15) is 10.2 Å². The molecule has 25 heavy (non-hydrogen) atoms. The molecule has 0 unspecified atom stereocenters. The molecule has 1 aliphatic rings. The van der Waals surface area contributed by atoms with Crippen molar-refractivity contribution in [3.63, 3.8) is 0 Å². The van der Waals surface area contributed by atoms with Gasteiger partial charge >= 0.3 is 0 Å². The minimum atomic E-state index is -0.00974. The van der Waals surface area contributed by atoms with Crippen molar-refractivity contribution in [1.29, 1.82) is 0 Å². The van der Waals surface area contributed by atoms with Gasteiger partial charge in [0.25, 0.3) is 5.91 Å². The van der Waals surface area contributed by atoms with Gasteiger partial charge in [0.2, 0.25) is 0 Å². The van der Waals surface area contributed by atoms with Crippen molar-refractivity contribution in [2.75, 3.05) is 33.3 Å². The topological polar surface area (TPSA) is 68.4 Å². The molecule has 1 aliphatic heterocycles. The Bertz CT molecular complexity index is 715. The number of hydrogen-bond donors (Lipinski definition) is 0. The number of methoxy groups -OCH3 is 1. The van der Waals surface area contributed by atoms with Crippen molar-refractivity contribution in [2.45, 2.75) is 33.7 Å². The van der Waals surface area contributed by atoms with Crippen LogP contribution < -0.4 is 0 Å². The van der Waals surface area contributed by atoms with E-state index in [2.05, 4.69) is 35.1 Å². The van der Waals surface area contributed by atoms with Gasteiger partial charge in [0.15, 0.2) is 0 Å². The monoisotopic (exact) mass is 346 g/mol. The fourth-order valence-electron chi connectivity index (χ4n) is 3.07. The minimum Gasteiger partial charge on any atom is -0.362 e. The van der Waals surface area contributed by atoms with Crippen LogP contribution >= 0.6 is 0 Å². The summed E-state index contributed by atoms with van der Waals surface area (Å²) in [6.07, 6.45) is 3.89. The molecular formula is C17H26N6O2. The van der Waals surface area contributed by atoms with Gasteiger partial charge in [-0.1, -0.05) is 0 Å². The highest BCUT2D eigenvalue weighted by molar-refractivity contribution is 5.92. The van der Waals surface area contributed by atoms with Crippen molar-refractivity contribution in [1.82, 2.24) is 29.4 Å². The third-order valence-corrected chi connectivity index (χ3v) is 4.55. The zero-order chi connectivity index (χ0) is 17.8. The second-order valence-electron chi connectivity index (χ2n) is 6.32. The lowest BCUT2D eigenvalue weighted by Crippen LogP contribution is -2.48. The Labute approximate surface area is 148 Å². The summed E-state index contributed by atoms with van der Waals surface area (Å²) in [6.45, 7) is 9.43. The van der Waals surface area contributed by atoms with E-state index in [-0.39, 0.29) is 5.91 Å². The number of aryl methyl sites for hydroxylation is 2. The maximum absolute atomic E-state index is 12.6. The number of carbonyl (C=O) groups is 1. The molecule has 0 radical (unpaired) electrons. The summed E-state index contributed by atoms with van der Waals surface area (Å²) in [5, 5.41) is 8.76. The van der Waals surface area contributed by atoms with Crippen LogP contribution in [0.3, 0.4) is 0 Å². The van der Waals surface area contributed by atoms with Gasteiger partial charge < -0.3 is 9.64 Å². The van der Waals surface area contributed by atoms with Crippen molar-refractivity contribution in [3.8, 4) is 0 Å². The van der Waals surface area contributed by atoms with Gasteiger partial charge in [-0.15, -0.1) is 0 Å². The Morgan fingerprint density at radius 2 is 1.96 bits per heavy atom. The fourth-order valence-corrected chi connectivity index (χ4v) is 3.07. The summed E-state index contributed by atoms with van der Waals surface area (Å²) in [7, 11) is 1.61. The summed E-state index contributed by atoms with van der Waals surface area (Å²) >= 11 is 0. The molecular weight excluding hydrogens is 320 g/mol. The van der Waals surface area contributed by atoms with E-state index in [4.69, 9.17) is 4.74 Å². The number of rotatable bonds is 6. The summed E-state index contributed by atoms with van der Waals surface area (Å²) < 4.78 is 8.61. The van der Waals surface area contributed by atoms with Gasteiger partial charge in [-0.25, -0.2) is 4.68 Å². The van der Waals surface area contributed by atoms with E-state index in [9.17, 15) is 4.79 Å². The third kappa shape index (κ3) is 4.08. The molecule has 1 saturated heterocycles. The lowest BCUT2D eigenvalue weighted by Gasteiger charge is -2.34. The first-order chi connectivity index (χ1) is 12.1. The second-order valence-corrected chi connectivity index (χ2v) is 6.32.